The summed E-state index contributed by atoms with van der Waals surface area (Å²) in [5, 5.41) is 3.16. The highest BCUT2D eigenvalue weighted by molar-refractivity contribution is 9.10. The van der Waals surface area contributed by atoms with Gasteiger partial charge in [-0.3, -0.25) is 4.98 Å². The Morgan fingerprint density at radius 3 is 2.79 bits per heavy atom. The Kier molecular flexibility index (Phi) is 4.93. The second-order valence-electron chi connectivity index (χ2n) is 4.35. The van der Waals surface area contributed by atoms with Crippen molar-refractivity contribution in [3.8, 4) is 5.75 Å². The van der Waals surface area contributed by atoms with Crippen LogP contribution in [0, 0.1) is 6.92 Å². The summed E-state index contributed by atoms with van der Waals surface area (Å²) in [5.74, 6) is 0.946. The number of nitrogens with one attached hydrogen (secondary N) is 1. The Morgan fingerprint density at radius 2 is 2.11 bits per heavy atom. The monoisotopic (exact) mass is 320 g/mol. The molecule has 1 heterocycles. The minimum Gasteiger partial charge on any atom is -0.487 e. The molecule has 0 unspecified atom stereocenters. The Balaban J connectivity index is 2.12. The third-order valence-corrected chi connectivity index (χ3v) is 3.28. The summed E-state index contributed by atoms with van der Waals surface area (Å²) < 4.78 is 6.90. The molecule has 0 amide bonds. The highest BCUT2D eigenvalue weighted by Crippen LogP contribution is 2.24. The van der Waals surface area contributed by atoms with Crippen molar-refractivity contribution in [3.63, 3.8) is 0 Å². The lowest BCUT2D eigenvalue weighted by molar-refractivity contribution is 0.295. The van der Waals surface area contributed by atoms with E-state index in [1.807, 2.05) is 25.2 Å². The number of hydrogen-bond acceptors (Lipinski definition) is 3. The van der Waals surface area contributed by atoms with Crippen LogP contribution in [0.15, 0.2) is 41.0 Å². The fraction of sp³-hybridized carbons (Fsp3) is 0.267. The molecule has 0 atom stereocenters. The summed E-state index contributed by atoms with van der Waals surface area (Å²) in [4.78, 5) is 4.31. The van der Waals surface area contributed by atoms with E-state index in [0.29, 0.717) is 6.61 Å². The number of halogens is 1. The van der Waals surface area contributed by atoms with Crippen LogP contribution in [0.25, 0.3) is 0 Å². The zero-order chi connectivity index (χ0) is 13.7. The Morgan fingerprint density at radius 1 is 1.26 bits per heavy atom. The van der Waals surface area contributed by atoms with Crippen LogP contribution < -0.4 is 10.1 Å². The van der Waals surface area contributed by atoms with Gasteiger partial charge in [0.05, 0.1) is 5.69 Å². The van der Waals surface area contributed by atoms with Crippen molar-refractivity contribution >= 4 is 15.9 Å². The van der Waals surface area contributed by atoms with Gasteiger partial charge in [-0.1, -0.05) is 18.2 Å². The van der Waals surface area contributed by atoms with Gasteiger partial charge in [0.25, 0.3) is 0 Å². The molecule has 0 radical (unpaired) electrons. The summed E-state index contributed by atoms with van der Waals surface area (Å²) in [5.41, 5.74) is 3.23. The van der Waals surface area contributed by atoms with Crippen molar-refractivity contribution in [1.82, 2.24) is 10.3 Å². The first-order valence-corrected chi connectivity index (χ1v) is 6.96. The van der Waals surface area contributed by atoms with Gasteiger partial charge >= 0.3 is 0 Å². The molecule has 3 nitrogen and oxygen atoms in total. The van der Waals surface area contributed by atoms with E-state index in [9.17, 15) is 0 Å². The number of ether oxygens (including phenoxy) is 1. The zero-order valence-corrected chi connectivity index (χ0v) is 12.7. The molecule has 0 spiro atoms. The molecule has 0 aliphatic carbocycles. The van der Waals surface area contributed by atoms with Crippen molar-refractivity contribution in [3.05, 3.63) is 57.8 Å². The lowest BCUT2D eigenvalue weighted by Gasteiger charge is -2.13. The SMILES string of the molecule is CNCc1cccc(C)c1OCc1ccc(Br)cn1. The predicted octanol–water partition coefficient (Wildman–Crippen LogP) is 3.45. The molecule has 4 heteroatoms. The molecule has 1 aromatic heterocycles. The van der Waals surface area contributed by atoms with Gasteiger partial charge in [0.2, 0.25) is 0 Å². The largest absolute Gasteiger partial charge is 0.487 e. The van der Waals surface area contributed by atoms with Crippen molar-refractivity contribution in [2.45, 2.75) is 20.1 Å². The van der Waals surface area contributed by atoms with Crippen LogP contribution in [-0.2, 0) is 13.2 Å². The van der Waals surface area contributed by atoms with Crippen LogP contribution >= 0.6 is 15.9 Å². The maximum absolute atomic E-state index is 5.93. The number of aryl methyl sites for hydroxylation is 1. The molecule has 0 saturated heterocycles. The molecule has 1 N–H and O–H groups in total. The van der Waals surface area contributed by atoms with Gasteiger partial charge in [0.15, 0.2) is 0 Å². The number of aromatic nitrogens is 1. The van der Waals surface area contributed by atoms with Crippen LogP contribution in [0.5, 0.6) is 5.75 Å². The van der Waals surface area contributed by atoms with Gasteiger partial charge in [-0.05, 0) is 47.6 Å². The Hall–Kier alpha value is -1.39. The second-order valence-corrected chi connectivity index (χ2v) is 5.27. The van der Waals surface area contributed by atoms with Crippen molar-refractivity contribution in [2.24, 2.45) is 0 Å². The fourth-order valence-electron chi connectivity index (χ4n) is 1.89. The minimum atomic E-state index is 0.481. The van der Waals surface area contributed by atoms with Crippen molar-refractivity contribution < 1.29 is 4.74 Å². The number of rotatable bonds is 5. The Labute approximate surface area is 122 Å². The number of hydrogen-bond donors (Lipinski definition) is 1. The van der Waals surface area contributed by atoms with Gasteiger partial charge < -0.3 is 10.1 Å². The van der Waals surface area contributed by atoms with Gasteiger partial charge in [-0.25, -0.2) is 0 Å². The van der Waals surface area contributed by atoms with E-state index < -0.39 is 0 Å². The molecular weight excluding hydrogens is 304 g/mol. The molecule has 19 heavy (non-hydrogen) atoms. The molecule has 100 valence electrons. The van der Waals surface area contributed by atoms with Crippen LogP contribution in [0.2, 0.25) is 0 Å². The maximum atomic E-state index is 5.93. The molecule has 0 aliphatic heterocycles. The zero-order valence-electron chi connectivity index (χ0n) is 11.1. The molecular formula is C15H17BrN2O. The lowest BCUT2D eigenvalue weighted by Crippen LogP contribution is -2.08. The van der Waals surface area contributed by atoms with Crippen molar-refractivity contribution in [2.75, 3.05) is 7.05 Å². The van der Waals surface area contributed by atoms with E-state index in [-0.39, 0.29) is 0 Å². The first kappa shape index (κ1) is 14.0. The van der Waals surface area contributed by atoms with E-state index in [1.54, 1.807) is 6.20 Å². The number of nitrogens with zero attached hydrogens (tertiary/aromatic N) is 1. The predicted molar refractivity (Wildman–Crippen MR) is 80.2 cm³/mol. The van der Waals surface area contributed by atoms with Crippen LogP contribution in [0.3, 0.4) is 0 Å². The summed E-state index contributed by atoms with van der Waals surface area (Å²) in [6.45, 7) is 3.34. The van der Waals surface area contributed by atoms with Crippen LogP contribution in [-0.4, -0.2) is 12.0 Å². The van der Waals surface area contributed by atoms with E-state index in [2.05, 4.69) is 45.3 Å². The van der Waals surface area contributed by atoms with Gasteiger partial charge in [-0.15, -0.1) is 0 Å². The molecule has 1 aromatic carbocycles. The third-order valence-electron chi connectivity index (χ3n) is 2.81. The summed E-state index contributed by atoms with van der Waals surface area (Å²) in [6.07, 6.45) is 1.78. The van der Waals surface area contributed by atoms with Gasteiger partial charge in [0, 0.05) is 22.8 Å². The van der Waals surface area contributed by atoms with Gasteiger partial charge in [-0.2, -0.15) is 0 Å². The molecule has 0 saturated carbocycles. The first-order valence-electron chi connectivity index (χ1n) is 6.17. The van der Waals surface area contributed by atoms with Crippen LogP contribution in [0.4, 0.5) is 0 Å². The highest BCUT2D eigenvalue weighted by atomic mass is 79.9. The Bertz CT molecular complexity index is 540. The van der Waals surface area contributed by atoms with E-state index in [0.717, 1.165) is 28.0 Å². The second kappa shape index (κ2) is 6.68. The number of pyridine rings is 1. The normalized spacial score (nSPS) is 10.5. The summed E-state index contributed by atoms with van der Waals surface area (Å²) >= 11 is 3.37. The topological polar surface area (TPSA) is 34.1 Å². The number of para-hydroxylation sites is 1. The average molecular weight is 321 g/mol. The molecule has 2 rings (SSSR count). The molecule has 0 aliphatic rings. The fourth-order valence-corrected chi connectivity index (χ4v) is 2.12. The first-order chi connectivity index (χ1) is 9.20. The highest BCUT2D eigenvalue weighted by Gasteiger charge is 2.07. The molecule has 0 fully saturated rings. The molecule has 2 aromatic rings. The van der Waals surface area contributed by atoms with E-state index in [4.69, 9.17) is 4.74 Å². The van der Waals surface area contributed by atoms with Crippen molar-refractivity contribution in [1.29, 1.82) is 0 Å². The maximum Gasteiger partial charge on any atom is 0.130 e. The summed E-state index contributed by atoms with van der Waals surface area (Å²) in [6, 6.07) is 10.1. The summed E-state index contributed by atoms with van der Waals surface area (Å²) in [7, 11) is 1.93. The minimum absolute atomic E-state index is 0.481. The number of benzene rings is 1. The third kappa shape index (κ3) is 3.78. The van der Waals surface area contributed by atoms with Crippen LogP contribution in [0.1, 0.15) is 16.8 Å². The smallest absolute Gasteiger partial charge is 0.130 e. The van der Waals surface area contributed by atoms with Gasteiger partial charge in [0.1, 0.15) is 12.4 Å². The van der Waals surface area contributed by atoms with E-state index >= 15 is 0 Å². The van der Waals surface area contributed by atoms with E-state index in [1.165, 1.54) is 5.56 Å². The lowest BCUT2D eigenvalue weighted by atomic mass is 10.1. The average Bonchev–Trinajstić information content (AvgIpc) is 2.40. The quantitative estimate of drug-likeness (QED) is 0.916. The molecule has 0 bridgehead atoms. The standard InChI is InChI=1S/C15H17BrN2O/c1-11-4-3-5-12(8-17-2)15(11)19-10-14-7-6-13(16)9-18-14/h3-7,9,17H,8,10H2,1-2H3.